The number of ether oxygens (including phenoxy) is 1. The van der Waals surface area contributed by atoms with Gasteiger partial charge < -0.3 is 9.64 Å². The molecule has 0 aliphatic carbocycles. The molecule has 0 bridgehead atoms. The Morgan fingerprint density at radius 1 is 0.941 bits per heavy atom. The van der Waals surface area contributed by atoms with Crippen LogP contribution in [0.2, 0.25) is 0 Å². The average Bonchev–Trinajstić information content (AvgIpc) is 3.26. The van der Waals surface area contributed by atoms with Gasteiger partial charge >= 0.3 is 0 Å². The summed E-state index contributed by atoms with van der Waals surface area (Å²) in [5.41, 5.74) is 3.81. The van der Waals surface area contributed by atoms with Gasteiger partial charge in [0.25, 0.3) is 5.91 Å². The lowest BCUT2D eigenvalue weighted by molar-refractivity contribution is 0.0981. The van der Waals surface area contributed by atoms with Crippen LogP contribution < -0.4 is 9.64 Å². The molecule has 1 amide bonds. The van der Waals surface area contributed by atoms with E-state index < -0.39 is 0 Å². The molecule has 1 heterocycles. The highest BCUT2D eigenvalue weighted by Crippen LogP contribution is 2.34. The van der Waals surface area contributed by atoms with Crippen LogP contribution >= 0.6 is 11.3 Å². The molecule has 0 fully saturated rings. The first kappa shape index (κ1) is 23.9. The molecule has 34 heavy (non-hydrogen) atoms. The number of nitrogens with zero attached hydrogens (tertiary/aromatic N) is 3. The number of hydrogen-bond donors (Lipinski definition) is 0. The van der Waals surface area contributed by atoms with Crippen molar-refractivity contribution in [1.82, 2.24) is 9.88 Å². The van der Waals surface area contributed by atoms with Gasteiger partial charge in [0.05, 0.1) is 15.8 Å². The van der Waals surface area contributed by atoms with Crippen LogP contribution in [0.5, 0.6) is 11.5 Å². The number of aromatic nitrogens is 1. The SMILES string of the molecule is CCN(CC)CCN(C(=O)c1ccccc1Oc1ccccc1)c1nc2c(C)cc(C)cc2s1. The average molecular weight is 474 g/mol. The van der Waals surface area contributed by atoms with Gasteiger partial charge in [0.15, 0.2) is 5.13 Å². The van der Waals surface area contributed by atoms with E-state index in [0.717, 1.165) is 40.5 Å². The minimum Gasteiger partial charge on any atom is -0.457 e. The maximum atomic E-state index is 14.0. The van der Waals surface area contributed by atoms with Crippen molar-refractivity contribution in [2.45, 2.75) is 27.7 Å². The van der Waals surface area contributed by atoms with Crippen molar-refractivity contribution in [2.75, 3.05) is 31.1 Å². The first-order valence-electron chi connectivity index (χ1n) is 11.7. The summed E-state index contributed by atoms with van der Waals surface area (Å²) in [5, 5.41) is 0.718. The Morgan fingerprint density at radius 2 is 1.65 bits per heavy atom. The molecule has 6 heteroatoms. The van der Waals surface area contributed by atoms with Crippen LogP contribution in [0, 0.1) is 13.8 Å². The number of thiazole rings is 1. The number of carbonyl (C=O) groups excluding carboxylic acids is 1. The van der Waals surface area contributed by atoms with Crippen LogP contribution in [0.1, 0.15) is 35.3 Å². The van der Waals surface area contributed by atoms with E-state index in [4.69, 9.17) is 9.72 Å². The molecule has 176 valence electrons. The van der Waals surface area contributed by atoms with Crippen molar-refractivity contribution in [3.05, 3.63) is 83.4 Å². The minimum absolute atomic E-state index is 0.105. The fourth-order valence-electron chi connectivity index (χ4n) is 4.03. The monoisotopic (exact) mass is 473 g/mol. The summed E-state index contributed by atoms with van der Waals surface area (Å²) < 4.78 is 7.20. The highest BCUT2D eigenvalue weighted by molar-refractivity contribution is 7.22. The number of anilines is 1. The largest absolute Gasteiger partial charge is 0.457 e. The molecule has 4 rings (SSSR count). The molecule has 0 aliphatic heterocycles. The standard InChI is InChI=1S/C28H31N3O2S/c1-5-30(6-2)16-17-31(28-29-26-21(4)18-20(3)19-25(26)34-28)27(32)23-14-10-11-15-24(23)33-22-12-8-7-9-13-22/h7-15,18-19H,5-6,16-17H2,1-4H3. The molecule has 0 spiro atoms. The van der Waals surface area contributed by atoms with Gasteiger partial charge in [-0.25, -0.2) is 4.98 Å². The number of likely N-dealkylation sites (N-methyl/N-ethyl adjacent to an activating group) is 1. The molecule has 5 nitrogen and oxygen atoms in total. The van der Waals surface area contributed by atoms with E-state index in [1.54, 1.807) is 11.3 Å². The van der Waals surface area contributed by atoms with Crippen LogP contribution in [0.4, 0.5) is 5.13 Å². The second-order valence-corrected chi connectivity index (χ2v) is 9.33. The maximum Gasteiger partial charge on any atom is 0.263 e. The predicted molar refractivity (Wildman–Crippen MR) is 142 cm³/mol. The third-order valence-electron chi connectivity index (χ3n) is 5.92. The molecule has 3 aromatic carbocycles. The van der Waals surface area contributed by atoms with Gasteiger partial charge in [-0.3, -0.25) is 9.69 Å². The Hall–Kier alpha value is -3.22. The normalized spacial score (nSPS) is 11.2. The summed E-state index contributed by atoms with van der Waals surface area (Å²) in [6, 6.07) is 21.3. The van der Waals surface area contributed by atoms with Gasteiger partial charge in [0.1, 0.15) is 11.5 Å². The second kappa shape index (κ2) is 10.8. The number of benzene rings is 3. The summed E-state index contributed by atoms with van der Waals surface area (Å²) in [4.78, 5) is 23.0. The van der Waals surface area contributed by atoms with Gasteiger partial charge in [-0.1, -0.05) is 61.6 Å². The van der Waals surface area contributed by atoms with Crippen LogP contribution in [0.3, 0.4) is 0 Å². The van der Waals surface area contributed by atoms with Crippen molar-refractivity contribution < 1.29 is 9.53 Å². The van der Waals surface area contributed by atoms with Crippen molar-refractivity contribution in [3.8, 4) is 11.5 Å². The quantitative estimate of drug-likeness (QED) is 0.272. The van der Waals surface area contributed by atoms with E-state index in [-0.39, 0.29) is 5.91 Å². The lowest BCUT2D eigenvalue weighted by Crippen LogP contribution is -2.39. The Bertz CT molecular complexity index is 1270. The number of hydrogen-bond acceptors (Lipinski definition) is 5. The van der Waals surface area contributed by atoms with Crippen LogP contribution in [-0.2, 0) is 0 Å². The molecule has 0 unspecified atom stereocenters. The van der Waals surface area contributed by atoms with Crippen LogP contribution in [-0.4, -0.2) is 42.0 Å². The fraction of sp³-hybridized carbons (Fsp3) is 0.286. The highest BCUT2D eigenvalue weighted by Gasteiger charge is 2.25. The zero-order valence-electron chi connectivity index (χ0n) is 20.2. The molecular weight excluding hydrogens is 442 g/mol. The molecule has 0 aliphatic rings. The van der Waals surface area contributed by atoms with E-state index in [1.165, 1.54) is 5.56 Å². The van der Waals surface area contributed by atoms with E-state index in [9.17, 15) is 4.79 Å². The topological polar surface area (TPSA) is 45.7 Å². The van der Waals surface area contributed by atoms with Gasteiger partial charge in [-0.15, -0.1) is 0 Å². The molecule has 0 saturated carbocycles. The zero-order chi connectivity index (χ0) is 24.1. The van der Waals surface area contributed by atoms with Gasteiger partial charge in [-0.2, -0.15) is 0 Å². The van der Waals surface area contributed by atoms with Gasteiger partial charge in [-0.05, 0) is 68.4 Å². The van der Waals surface area contributed by atoms with Gasteiger partial charge in [0, 0.05) is 13.1 Å². The van der Waals surface area contributed by atoms with Crippen LogP contribution in [0.25, 0.3) is 10.2 Å². The number of carbonyl (C=O) groups is 1. The summed E-state index contributed by atoms with van der Waals surface area (Å²) in [7, 11) is 0. The van der Waals surface area contributed by atoms with E-state index in [1.807, 2.05) is 59.5 Å². The number of aryl methyl sites for hydroxylation is 2. The van der Waals surface area contributed by atoms with Gasteiger partial charge in [0.2, 0.25) is 0 Å². The third kappa shape index (κ3) is 5.29. The summed E-state index contributed by atoms with van der Waals surface area (Å²) >= 11 is 1.57. The minimum atomic E-state index is -0.105. The predicted octanol–water partition coefficient (Wildman–Crippen LogP) is 6.69. The Kier molecular flexibility index (Phi) is 7.60. The first-order valence-corrected chi connectivity index (χ1v) is 12.6. The Labute approximate surface area is 205 Å². The number of fused-ring (bicyclic) bond motifs is 1. The molecule has 0 N–H and O–H groups in total. The Morgan fingerprint density at radius 3 is 2.38 bits per heavy atom. The smallest absolute Gasteiger partial charge is 0.263 e. The molecule has 0 radical (unpaired) electrons. The van der Waals surface area contributed by atoms with E-state index in [0.29, 0.717) is 23.6 Å². The summed E-state index contributed by atoms with van der Waals surface area (Å²) in [6.07, 6.45) is 0. The van der Waals surface area contributed by atoms with E-state index in [2.05, 4.69) is 44.7 Å². The lowest BCUT2D eigenvalue weighted by Gasteiger charge is -2.25. The lowest BCUT2D eigenvalue weighted by atomic mass is 10.1. The van der Waals surface area contributed by atoms with Crippen molar-refractivity contribution in [1.29, 1.82) is 0 Å². The second-order valence-electron chi connectivity index (χ2n) is 8.32. The molecular formula is C28H31N3O2S. The fourth-order valence-corrected chi connectivity index (χ4v) is 5.20. The van der Waals surface area contributed by atoms with Crippen molar-refractivity contribution in [2.24, 2.45) is 0 Å². The van der Waals surface area contributed by atoms with Crippen LogP contribution in [0.15, 0.2) is 66.7 Å². The summed E-state index contributed by atoms with van der Waals surface area (Å²) in [5.74, 6) is 1.13. The number of para-hydroxylation sites is 2. The number of amides is 1. The van der Waals surface area contributed by atoms with Crippen molar-refractivity contribution in [3.63, 3.8) is 0 Å². The molecule has 0 atom stereocenters. The first-order chi connectivity index (χ1) is 16.5. The molecule has 1 aromatic heterocycles. The summed E-state index contributed by atoms with van der Waals surface area (Å²) in [6.45, 7) is 11.6. The molecule has 0 saturated heterocycles. The van der Waals surface area contributed by atoms with E-state index >= 15 is 0 Å². The Balaban J connectivity index is 1.72. The van der Waals surface area contributed by atoms with Crippen molar-refractivity contribution >= 4 is 32.6 Å². The number of rotatable bonds is 9. The third-order valence-corrected chi connectivity index (χ3v) is 6.94. The maximum absolute atomic E-state index is 14.0. The zero-order valence-corrected chi connectivity index (χ0v) is 21.1. The highest BCUT2D eigenvalue weighted by atomic mass is 32.1. The molecule has 4 aromatic rings.